The maximum Gasteiger partial charge on any atom is 0.240 e. The van der Waals surface area contributed by atoms with Gasteiger partial charge in [0, 0.05) is 20.3 Å². The molecule has 0 heterocycles. The summed E-state index contributed by atoms with van der Waals surface area (Å²) in [6.07, 6.45) is 2.43. The second-order valence-corrected chi connectivity index (χ2v) is 6.05. The number of methoxy groups -OCH3 is 1. The zero-order chi connectivity index (χ0) is 14.1. The van der Waals surface area contributed by atoms with E-state index in [2.05, 4.69) is 4.72 Å². The first kappa shape index (κ1) is 16.1. The molecule has 6 heteroatoms. The Balaban J connectivity index is 2.58. The Morgan fingerprint density at radius 3 is 2.47 bits per heavy atom. The summed E-state index contributed by atoms with van der Waals surface area (Å²) in [6.45, 7) is 1.56. The van der Waals surface area contributed by atoms with Crippen LogP contribution in [0.25, 0.3) is 0 Å². The zero-order valence-electron chi connectivity index (χ0n) is 11.3. The summed E-state index contributed by atoms with van der Waals surface area (Å²) in [7, 11) is -1.82. The van der Waals surface area contributed by atoms with Crippen LogP contribution in [-0.2, 0) is 21.2 Å². The first-order valence-corrected chi connectivity index (χ1v) is 7.86. The Kier molecular flexibility index (Phi) is 7.01. The average molecular weight is 286 g/mol. The monoisotopic (exact) mass is 286 g/mol. The molecule has 3 N–H and O–H groups in total. The fourth-order valence-corrected chi connectivity index (χ4v) is 2.72. The molecule has 0 bridgehead atoms. The third kappa shape index (κ3) is 5.69. The van der Waals surface area contributed by atoms with E-state index in [0.717, 1.165) is 18.4 Å². The maximum atomic E-state index is 11.9. The van der Waals surface area contributed by atoms with Crippen LogP contribution in [0.15, 0.2) is 29.2 Å². The summed E-state index contributed by atoms with van der Waals surface area (Å²) >= 11 is 0. The van der Waals surface area contributed by atoms with Gasteiger partial charge in [-0.2, -0.15) is 0 Å². The van der Waals surface area contributed by atoms with Crippen LogP contribution in [0.2, 0.25) is 0 Å². The minimum atomic E-state index is -3.41. The predicted octanol–water partition coefficient (Wildman–Crippen LogP) is 0.893. The number of nitrogens with two attached hydrogens (primary N) is 1. The van der Waals surface area contributed by atoms with E-state index in [1.807, 2.05) is 12.1 Å². The molecule has 0 fully saturated rings. The zero-order valence-corrected chi connectivity index (χ0v) is 12.1. The Hall–Kier alpha value is -0.950. The molecular formula is C13H22N2O3S. The molecule has 0 aliphatic carbocycles. The number of hydrogen-bond acceptors (Lipinski definition) is 4. The van der Waals surface area contributed by atoms with Crippen LogP contribution in [0, 0.1) is 0 Å². The van der Waals surface area contributed by atoms with Crippen molar-refractivity contribution in [3.63, 3.8) is 0 Å². The van der Waals surface area contributed by atoms with Gasteiger partial charge < -0.3 is 10.5 Å². The fraction of sp³-hybridized carbons (Fsp3) is 0.538. The molecule has 1 aromatic carbocycles. The second-order valence-electron chi connectivity index (χ2n) is 4.28. The Morgan fingerprint density at radius 1 is 1.21 bits per heavy atom. The molecule has 108 valence electrons. The number of hydrogen-bond donors (Lipinski definition) is 2. The highest BCUT2D eigenvalue weighted by Crippen LogP contribution is 2.11. The minimum Gasteiger partial charge on any atom is -0.385 e. The highest BCUT2D eigenvalue weighted by Gasteiger charge is 2.12. The molecule has 1 rings (SSSR count). The lowest BCUT2D eigenvalue weighted by Gasteiger charge is -2.07. The summed E-state index contributed by atoms with van der Waals surface area (Å²) in [5.41, 5.74) is 6.54. The molecular weight excluding hydrogens is 264 g/mol. The van der Waals surface area contributed by atoms with Crippen LogP contribution in [0.1, 0.15) is 18.4 Å². The van der Waals surface area contributed by atoms with Gasteiger partial charge in [-0.25, -0.2) is 13.1 Å². The van der Waals surface area contributed by atoms with Crippen molar-refractivity contribution in [3.05, 3.63) is 29.8 Å². The quantitative estimate of drug-likeness (QED) is 0.661. The molecule has 0 unspecified atom stereocenters. The molecule has 0 radical (unpaired) electrons. The number of rotatable bonds is 9. The summed E-state index contributed by atoms with van der Waals surface area (Å²) in [6, 6.07) is 6.92. The lowest BCUT2D eigenvalue weighted by molar-refractivity contribution is 0.196. The predicted molar refractivity (Wildman–Crippen MR) is 75.5 cm³/mol. The molecule has 5 nitrogen and oxygen atoms in total. The van der Waals surface area contributed by atoms with E-state index in [1.54, 1.807) is 19.2 Å². The van der Waals surface area contributed by atoms with E-state index in [0.29, 0.717) is 31.0 Å². The van der Waals surface area contributed by atoms with Crippen molar-refractivity contribution in [2.45, 2.75) is 24.2 Å². The minimum absolute atomic E-state index is 0.293. The van der Waals surface area contributed by atoms with Gasteiger partial charge in [0.05, 0.1) is 4.90 Å². The first-order chi connectivity index (χ1) is 9.10. The van der Waals surface area contributed by atoms with Crippen molar-refractivity contribution in [1.82, 2.24) is 4.72 Å². The van der Waals surface area contributed by atoms with Crippen molar-refractivity contribution in [3.8, 4) is 0 Å². The summed E-state index contributed by atoms with van der Waals surface area (Å²) in [5, 5.41) is 0. The molecule has 0 aliphatic rings. The van der Waals surface area contributed by atoms with Gasteiger partial charge in [-0.15, -0.1) is 0 Å². The molecule has 0 spiro atoms. The van der Waals surface area contributed by atoms with E-state index in [9.17, 15) is 8.42 Å². The smallest absolute Gasteiger partial charge is 0.240 e. The van der Waals surface area contributed by atoms with Gasteiger partial charge in [0.25, 0.3) is 0 Å². The van der Waals surface area contributed by atoms with E-state index >= 15 is 0 Å². The summed E-state index contributed by atoms with van der Waals surface area (Å²) in [5.74, 6) is 0. The van der Waals surface area contributed by atoms with Gasteiger partial charge in [0.15, 0.2) is 0 Å². The Morgan fingerprint density at radius 2 is 1.89 bits per heavy atom. The van der Waals surface area contributed by atoms with Gasteiger partial charge in [0.1, 0.15) is 0 Å². The molecule has 1 aromatic rings. The largest absolute Gasteiger partial charge is 0.385 e. The lowest BCUT2D eigenvalue weighted by atomic mass is 10.1. The summed E-state index contributed by atoms with van der Waals surface area (Å²) in [4.78, 5) is 0.293. The van der Waals surface area contributed by atoms with Crippen LogP contribution in [0.3, 0.4) is 0 Å². The summed E-state index contributed by atoms with van der Waals surface area (Å²) < 4.78 is 31.3. The molecule has 0 saturated heterocycles. The van der Waals surface area contributed by atoms with Crippen molar-refractivity contribution in [1.29, 1.82) is 0 Å². The van der Waals surface area contributed by atoms with Crippen molar-refractivity contribution < 1.29 is 13.2 Å². The molecule has 0 aromatic heterocycles. The number of benzene rings is 1. The lowest BCUT2D eigenvalue weighted by Crippen LogP contribution is -2.25. The van der Waals surface area contributed by atoms with E-state index in [4.69, 9.17) is 10.5 Å². The van der Waals surface area contributed by atoms with Crippen LogP contribution < -0.4 is 10.5 Å². The average Bonchev–Trinajstić information content (AvgIpc) is 2.42. The van der Waals surface area contributed by atoms with Gasteiger partial charge in [-0.3, -0.25) is 0 Å². The number of nitrogens with one attached hydrogen (secondary N) is 1. The van der Waals surface area contributed by atoms with Crippen molar-refractivity contribution in [2.75, 3.05) is 26.8 Å². The van der Waals surface area contributed by atoms with Gasteiger partial charge in [-0.1, -0.05) is 12.1 Å². The Bertz CT molecular complexity index is 457. The van der Waals surface area contributed by atoms with Crippen LogP contribution in [-0.4, -0.2) is 35.2 Å². The van der Waals surface area contributed by atoms with E-state index in [-0.39, 0.29) is 0 Å². The molecule has 0 amide bonds. The topological polar surface area (TPSA) is 81.4 Å². The van der Waals surface area contributed by atoms with Crippen molar-refractivity contribution in [2.24, 2.45) is 5.73 Å². The standard InChI is InChI=1S/C13H22N2O3S/c1-18-11-3-10-15-19(16,17)13-7-5-12(6-8-13)4-2-9-14/h5-8,15H,2-4,9-11,14H2,1H3. The van der Waals surface area contributed by atoms with Crippen LogP contribution >= 0.6 is 0 Å². The molecule has 19 heavy (non-hydrogen) atoms. The number of sulfonamides is 1. The number of ether oxygens (including phenoxy) is 1. The van der Waals surface area contributed by atoms with Gasteiger partial charge in [0.2, 0.25) is 10.0 Å². The van der Waals surface area contributed by atoms with Crippen LogP contribution in [0.5, 0.6) is 0 Å². The Labute approximate surface area is 115 Å². The normalized spacial score (nSPS) is 11.7. The highest BCUT2D eigenvalue weighted by atomic mass is 32.2. The van der Waals surface area contributed by atoms with Gasteiger partial charge in [-0.05, 0) is 43.5 Å². The second kappa shape index (κ2) is 8.27. The van der Waals surface area contributed by atoms with Crippen LogP contribution in [0.4, 0.5) is 0 Å². The number of aryl methyl sites for hydroxylation is 1. The third-order valence-electron chi connectivity index (χ3n) is 2.72. The van der Waals surface area contributed by atoms with E-state index < -0.39 is 10.0 Å². The maximum absolute atomic E-state index is 11.9. The molecule has 0 atom stereocenters. The SMILES string of the molecule is COCCCNS(=O)(=O)c1ccc(CCCN)cc1. The van der Waals surface area contributed by atoms with Gasteiger partial charge >= 0.3 is 0 Å². The molecule has 0 saturated carbocycles. The first-order valence-electron chi connectivity index (χ1n) is 6.38. The van der Waals surface area contributed by atoms with Crippen molar-refractivity contribution >= 4 is 10.0 Å². The third-order valence-corrected chi connectivity index (χ3v) is 4.20. The fourth-order valence-electron chi connectivity index (χ4n) is 1.65. The van der Waals surface area contributed by atoms with E-state index in [1.165, 1.54) is 0 Å². The highest BCUT2D eigenvalue weighted by molar-refractivity contribution is 7.89. The molecule has 0 aliphatic heterocycles.